The molecule has 1 saturated carbocycles. The third-order valence-corrected chi connectivity index (χ3v) is 7.55. The Balaban J connectivity index is 1.85. The average molecular weight is 540 g/mol. The molecule has 0 radical (unpaired) electrons. The highest BCUT2D eigenvalue weighted by Gasteiger charge is 2.38. The maximum Gasteiger partial charge on any atom is 0.338 e. The van der Waals surface area contributed by atoms with E-state index in [4.69, 9.17) is 4.74 Å². The van der Waals surface area contributed by atoms with E-state index in [1.54, 1.807) is 11.6 Å². The lowest BCUT2D eigenvalue weighted by molar-refractivity contribution is -0.143. The predicted molar refractivity (Wildman–Crippen MR) is 121 cm³/mol. The van der Waals surface area contributed by atoms with E-state index in [1.807, 2.05) is 0 Å². The van der Waals surface area contributed by atoms with Gasteiger partial charge in [0.2, 0.25) is 0 Å². The summed E-state index contributed by atoms with van der Waals surface area (Å²) in [4.78, 5) is 33.3. The van der Waals surface area contributed by atoms with Crippen LogP contribution >= 0.6 is 27.3 Å². The summed E-state index contributed by atoms with van der Waals surface area (Å²) in [6.07, 6.45) is 3.61. The van der Waals surface area contributed by atoms with Crippen molar-refractivity contribution in [3.8, 4) is 0 Å². The van der Waals surface area contributed by atoms with Gasteiger partial charge in [0.05, 0.1) is 23.1 Å². The second-order valence-corrected chi connectivity index (χ2v) is 9.50. The number of benzene rings is 1. The summed E-state index contributed by atoms with van der Waals surface area (Å²) < 4.78 is 33.1. The fourth-order valence-electron chi connectivity index (χ4n) is 4.28. The number of aromatic nitrogens is 1. The molecule has 7 nitrogen and oxygen atoms in total. The van der Waals surface area contributed by atoms with Gasteiger partial charge >= 0.3 is 11.9 Å². The van der Waals surface area contributed by atoms with Crippen molar-refractivity contribution < 1.29 is 28.2 Å². The molecule has 0 saturated heterocycles. The van der Waals surface area contributed by atoms with Gasteiger partial charge in [-0.25, -0.2) is 18.6 Å². The number of allylic oxidation sites excluding steroid dienone is 1. The summed E-state index contributed by atoms with van der Waals surface area (Å²) in [5, 5.41) is 14.9. The highest BCUT2D eigenvalue weighted by Crippen LogP contribution is 2.42. The molecule has 2 N–H and O–H groups in total. The van der Waals surface area contributed by atoms with Crippen LogP contribution in [0.25, 0.3) is 0 Å². The van der Waals surface area contributed by atoms with Crippen LogP contribution in [-0.4, -0.2) is 35.0 Å². The molecule has 2 aliphatic rings. The zero-order valence-corrected chi connectivity index (χ0v) is 19.9. The van der Waals surface area contributed by atoms with Crippen molar-refractivity contribution in [3.63, 3.8) is 0 Å². The molecule has 0 spiro atoms. The predicted octanol–water partition coefficient (Wildman–Crippen LogP) is 4.59. The number of nitrogens with zero attached hydrogens (tertiary/aromatic N) is 2. The zero-order valence-electron chi connectivity index (χ0n) is 17.5. The van der Waals surface area contributed by atoms with Crippen LogP contribution < -0.4 is 5.32 Å². The third-order valence-electron chi connectivity index (χ3n) is 5.96. The molecule has 2 heterocycles. The first-order valence-corrected chi connectivity index (χ1v) is 11.9. The van der Waals surface area contributed by atoms with E-state index in [0.717, 1.165) is 6.07 Å². The van der Waals surface area contributed by atoms with Gasteiger partial charge in [0, 0.05) is 17.3 Å². The lowest BCUT2D eigenvalue weighted by Crippen LogP contribution is -2.38. The van der Waals surface area contributed by atoms with E-state index >= 15 is 0 Å². The Bertz CT molecular complexity index is 1140. The number of carboxylic acid groups (broad SMARTS) is 1. The van der Waals surface area contributed by atoms with Crippen molar-refractivity contribution in [2.75, 3.05) is 7.11 Å². The molecule has 0 bridgehead atoms. The zero-order chi connectivity index (χ0) is 23.7. The molecule has 1 atom stereocenters. The molecule has 1 fully saturated rings. The molecule has 1 aliphatic heterocycles. The first-order chi connectivity index (χ1) is 15.8. The maximum absolute atomic E-state index is 14.4. The van der Waals surface area contributed by atoms with Crippen LogP contribution in [0.3, 0.4) is 0 Å². The average Bonchev–Trinajstić information content (AvgIpc) is 3.36. The Hall–Kier alpha value is -2.66. The lowest BCUT2D eigenvalue weighted by atomic mass is 9.78. The number of methoxy groups -OCH3 is 1. The van der Waals surface area contributed by atoms with Crippen molar-refractivity contribution in [1.29, 1.82) is 0 Å². The molecular formula is C22H20BrF2N3O4S. The molecular weight excluding hydrogens is 520 g/mol. The van der Waals surface area contributed by atoms with E-state index in [9.17, 15) is 23.5 Å². The number of thiazole rings is 1. The number of carboxylic acids is 1. The number of carbonyl (C=O) groups excluding carboxylic acids is 1. The quantitative estimate of drug-likeness (QED) is 0.425. The second-order valence-electron chi connectivity index (χ2n) is 7.81. The van der Waals surface area contributed by atoms with Crippen molar-refractivity contribution in [2.45, 2.75) is 31.7 Å². The largest absolute Gasteiger partial charge is 0.481 e. The van der Waals surface area contributed by atoms with Gasteiger partial charge in [-0.05, 0) is 59.2 Å². The third kappa shape index (κ3) is 4.56. The molecule has 33 heavy (non-hydrogen) atoms. The number of halogens is 3. The number of nitrogens with one attached hydrogen (secondary N) is 1. The molecule has 174 valence electrons. The molecule has 4 rings (SSSR count). The van der Waals surface area contributed by atoms with E-state index < -0.39 is 35.5 Å². The van der Waals surface area contributed by atoms with E-state index in [-0.39, 0.29) is 21.5 Å². The van der Waals surface area contributed by atoms with Gasteiger partial charge in [-0.3, -0.25) is 9.79 Å². The Morgan fingerprint density at radius 3 is 2.58 bits per heavy atom. The number of hydrogen-bond donors (Lipinski definition) is 2. The molecule has 0 amide bonds. The fourth-order valence-corrected chi connectivity index (χ4v) is 5.40. The number of amidine groups is 1. The van der Waals surface area contributed by atoms with Gasteiger partial charge in [-0.2, -0.15) is 0 Å². The van der Waals surface area contributed by atoms with Crippen molar-refractivity contribution in [2.24, 2.45) is 16.8 Å². The number of carbonyl (C=O) groups is 2. The summed E-state index contributed by atoms with van der Waals surface area (Å²) in [5.74, 6) is -3.79. The number of aliphatic imine (C=N–C) groups is 1. The number of esters is 1. The van der Waals surface area contributed by atoms with E-state index in [2.05, 4.69) is 31.2 Å². The topological polar surface area (TPSA) is 101 Å². The monoisotopic (exact) mass is 539 g/mol. The SMILES string of the molecule is COC(=O)C1=C(C2CCC(C(=O)O)CC2)NC(c2nccs2)=NC1c1ccc(F)c(F)c1Br. The minimum absolute atomic E-state index is 0.132. The maximum atomic E-state index is 14.4. The summed E-state index contributed by atoms with van der Waals surface area (Å²) in [5.41, 5.74) is 0.998. The summed E-state index contributed by atoms with van der Waals surface area (Å²) in [6.45, 7) is 0. The fraction of sp³-hybridized carbons (Fsp3) is 0.364. The summed E-state index contributed by atoms with van der Waals surface area (Å²) in [7, 11) is 1.24. The highest BCUT2D eigenvalue weighted by molar-refractivity contribution is 9.10. The van der Waals surface area contributed by atoms with Crippen molar-refractivity contribution in [1.82, 2.24) is 10.3 Å². The second kappa shape index (κ2) is 9.68. The van der Waals surface area contributed by atoms with Crippen LogP contribution in [0.5, 0.6) is 0 Å². The van der Waals surface area contributed by atoms with Crippen LogP contribution in [-0.2, 0) is 14.3 Å². The minimum atomic E-state index is -1.08. The molecule has 2 aromatic rings. The minimum Gasteiger partial charge on any atom is -0.481 e. The number of rotatable bonds is 5. The van der Waals surface area contributed by atoms with E-state index in [0.29, 0.717) is 42.2 Å². The van der Waals surface area contributed by atoms with Gasteiger partial charge in [-0.1, -0.05) is 6.07 Å². The molecule has 1 unspecified atom stereocenters. The normalized spacial score (nSPS) is 23.0. The van der Waals surface area contributed by atoms with Crippen LogP contribution in [0.2, 0.25) is 0 Å². The van der Waals surface area contributed by atoms with Crippen LogP contribution in [0.4, 0.5) is 8.78 Å². The van der Waals surface area contributed by atoms with Gasteiger partial charge in [-0.15, -0.1) is 11.3 Å². The number of aliphatic carboxylic acids is 1. The lowest BCUT2D eigenvalue weighted by Gasteiger charge is -2.34. The Morgan fingerprint density at radius 1 is 1.24 bits per heavy atom. The van der Waals surface area contributed by atoms with Crippen LogP contribution in [0, 0.1) is 23.5 Å². The summed E-state index contributed by atoms with van der Waals surface area (Å²) >= 11 is 4.45. The standard InChI is InChI=1S/C22H20BrF2N3O4S/c1-32-22(31)14-17(10-2-4-11(5-3-10)21(29)30)27-19(20-26-8-9-33-20)28-18(14)12-6-7-13(24)16(25)15(12)23/h6-11,18H,2-5H2,1H3,(H,27,28)(H,29,30). The van der Waals surface area contributed by atoms with Gasteiger partial charge < -0.3 is 15.2 Å². The highest BCUT2D eigenvalue weighted by atomic mass is 79.9. The van der Waals surface area contributed by atoms with Crippen molar-refractivity contribution >= 4 is 45.0 Å². The van der Waals surface area contributed by atoms with Crippen LogP contribution in [0.1, 0.15) is 42.3 Å². The Labute approximate surface area is 200 Å². The molecule has 1 aromatic carbocycles. The smallest absolute Gasteiger partial charge is 0.338 e. The Morgan fingerprint density at radius 2 is 1.97 bits per heavy atom. The number of hydrogen-bond acceptors (Lipinski definition) is 7. The first kappa shape index (κ1) is 23.5. The van der Waals surface area contributed by atoms with Gasteiger partial charge in [0.1, 0.15) is 6.04 Å². The first-order valence-electron chi connectivity index (χ1n) is 10.2. The van der Waals surface area contributed by atoms with Gasteiger partial charge in [0.15, 0.2) is 22.5 Å². The van der Waals surface area contributed by atoms with Crippen molar-refractivity contribution in [3.05, 3.63) is 61.7 Å². The molecule has 1 aliphatic carbocycles. The van der Waals surface area contributed by atoms with E-state index in [1.165, 1.54) is 24.5 Å². The molecule has 1 aromatic heterocycles. The van der Waals surface area contributed by atoms with Gasteiger partial charge in [0.25, 0.3) is 0 Å². The Kier molecular flexibility index (Phi) is 6.89. The van der Waals surface area contributed by atoms with Crippen LogP contribution in [0.15, 0.2) is 44.4 Å². The number of ether oxygens (including phenoxy) is 1. The molecule has 11 heteroatoms. The summed E-state index contributed by atoms with van der Waals surface area (Å²) in [6, 6.07) is 1.39.